The number of halogens is 1. The predicted molar refractivity (Wildman–Crippen MR) is 43.9 cm³/mol. The molecule has 1 aliphatic heterocycles. The Morgan fingerprint density at radius 3 is 2.44 bits per heavy atom. The van der Waals surface area contributed by atoms with Crippen molar-refractivity contribution < 1.29 is 9.84 Å². The van der Waals surface area contributed by atoms with Crippen molar-refractivity contribution in [2.24, 2.45) is 0 Å². The Morgan fingerprint density at radius 2 is 2.11 bits per heavy atom. The van der Waals surface area contributed by atoms with E-state index in [1.54, 1.807) is 0 Å². The second kappa shape index (κ2) is 3.73. The predicted octanol–water partition coefficient (Wildman–Crippen LogP) is 0.961. The zero-order valence-corrected chi connectivity index (χ0v) is 7.37. The van der Waals surface area contributed by atoms with Gasteiger partial charge in [0.1, 0.15) is 0 Å². The highest BCUT2D eigenvalue weighted by Crippen LogP contribution is 2.20. The van der Waals surface area contributed by atoms with Gasteiger partial charge in [0.25, 0.3) is 0 Å². The SMILES string of the molecule is OC[C@@H]1CC[C@H](CI)O1. The third-order valence-corrected chi connectivity index (χ3v) is 2.55. The van der Waals surface area contributed by atoms with Crippen LogP contribution < -0.4 is 0 Å². The number of hydrogen-bond donors (Lipinski definition) is 1. The van der Waals surface area contributed by atoms with Gasteiger partial charge in [-0.05, 0) is 12.8 Å². The number of aliphatic hydroxyl groups is 1. The van der Waals surface area contributed by atoms with E-state index in [0.29, 0.717) is 6.10 Å². The molecular weight excluding hydrogens is 231 g/mol. The Bertz CT molecular complexity index is 77.1. The van der Waals surface area contributed by atoms with Crippen molar-refractivity contribution in [1.82, 2.24) is 0 Å². The van der Waals surface area contributed by atoms with Crippen LogP contribution in [-0.2, 0) is 4.74 Å². The molecule has 0 aliphatic carbocycles. The second-order valence-corrected chi connectivity index (χ2v) is 3.18. The summed E-state index contributed by atoms with van der Waals surface area (Å²) in [5, 5.41) is 8.65. The molecule has 0 aromatic rings. The van der Waals surface area contributed by atoms with Gasteiger partial charge < -0.3 is 9.84 Å². The topological polar surface area (TPSA) is 29.5 Å². The van der Waals surface area contributed by atoms with E-state index in [0.717, 1.165) is 17.3 Å². The van der Waals surface area contributed by atoms with Crippen molar-refractivity contribution in [1.29, 1.82) is 0 Å². The van der Waals surface area contributed by atoms with Crippen LogP contribution in [0.3, 0.4) is 0 Å². The first kappa shape index (κ1) is 7.75. The Morgan fingerprint density at radius 1 is 1.44 bits per heavy atom. The van der Waals surface area contributed by atoms with Crippen molar-refractivity contribution in [2.45, 2.75) is 25.0 Å². The molecule has 0 unspecified atom stereocenters. The zero-order valence-electron chi connectivity index (χ0n) is 5.22. The maximum atomic E-state index is 8.65. The third kappa shape index (κ3) is 2.05. The number of alkyl halides is 1. The Balaban J connectivity index is 2.20. The van der Waals surface area contributed by atoms with Gasteiger partial charge >= 0.3 is 0 Å². The van der Waals surface area contributed by atoms with Gasteiger partial charge in [-0.3, -0.25) is 0 Å². The number of ether oxygens (including phenoxy) is 1. The molecule has 1 N–H and O–H groups in total. The summed E-state index contributed by atoms with van der Waals surface area (Å²) in [6, 6.07) is 0. The van der Waals surface area contributed by atoms with Crippen molar-refractivity contribution >= 4 is 22.6 Å². The number of aliphatic hydroxyl groups excluding tert-OH is 1. The Kier molecular flexibility index (Phi) is 3.21. The van der Waals surface area contributed by atoms with Gasteiger partial charge in [0.05, 0.1) is 18.8 Å². The van der Waals surface area contributed by atoms with Gasteiger partial charge in [-0.25, -0.2) is 0 Å². The van der Waals surface area contributed by atoms with Crippen LogP contribution in [0.5, 0.6) is 0 Å². The summed E-state index contributed by atoms with van der Waals surface area (Å²) in [6.45, 7) is 0.188. The highest BCUT2D eigenvalue weighted by molar-refractivity contribution is 14.1. The lowest BCUT2D eigenvalue weighted by Gasteiger charge is -2.07. The molecule has 0 spiro atoms. The third-order valence-electron chi connectivity index (χ3n) is 1.57. The zero-order chi connectivity index (χ0) is 6.69. The molecule has 0 amide bonds. The fourth-order valence-corrected chi connectivity index (χ4v) is 1.68. The minimum absolute atomic E-state index is 0.129. The van der Waals surface area contributed by atoms with E-state index in [4.69, 9.17) is 9.84 Å². The first-order chi connectivity index (χ1) is 4.36. The van der Waals surface area contributed by atoms with Crippen LogP contribution in [0.1, 0.15) is 12.8 Å². The number of rotatable bonds is 2. The summed E-state index contributed by atoms with van der Waals surface area (Å²) in [5.41, 5.74) is 0. The Labute approximate surface area is 68.7 Å². The lowest BCUT2D eigenvalue weighted by Crippen LogP contribution is -2.14. The van der Waals surface area contributed by atoms with Crippen LogP contribution in [0.25, 0.3) is 0 Å². The van der Waals surface area contributed by atoms with Crippen molar-refractivity contribution in [3.05, 3.63) is 0 Å². The Hall–Kier alpha value is 0.650. The summed E-state index contributed by atoms with van der Waals surface area (Å²) in [4.78, 5) is 0. The largest absolute Gasteiger partial charge is 0.394 e. The van der Waals surface area contributed by atoms with E-state index in [1.807, 2.05) is 0 Å². The second-order valence-electron chi connectivity index (χ2n) is 2.29. The molecule has 3 heteroatoms. The van der Waals surface area contributed by atoms with E-state index in [1.165, 1.54) is 0 Å². The van der Waals surface area contributed by atoms with E-state index < -0.39 is 0 Å². The highest BCUT2D eigenvalue weighted by Gasteiger charge is 2.22. The molecule has 0 aromatic carbocycles. The molecule has 9 heavy (non-hydrogen) atoms. The monoisotopic (exact) mass is 242 g/mol. The van der Waals surface area contributed by atoms with Gasteiger partial charge in [0.15, 0.2) is 0 Å². The highest BCUT2D eigenvalue weighted by atomic mass is 127. The molecular formula is C6H11IO2. The fraction of sp³-hybridized carbons (Fsp3) is 1.00. The molecule has 0 saturated carbocycles. The molecule has 1 heterocycles. The molecule has 0 bridgehead atoms. The first-order valence-corrected chi connectivity index (χ1v) is 4.71. The van der Waals surface area contributed by atoms with Crippen LogP contribution in [0.2, 0.25) is 0 Å². The smallest absolute Gasteiger partial charge is 0.0810 e. The van der Waals surface area contributed by atoms with Crippen LogP contribution in [-0.4, -0.2) is 28.3 Å². The minimum Gasteiger partial charge on any atom is -0.394 e. The van der Waals surface area contributed by atoms with Gasteiger partial charge in [-0.15, -0.1) is 0 Å². The van der Waals surface area contributed by atoms with Crippen LogP contribution in [0, 0.1) is 0 Å². The lowest BCUT2D eigenvalue weighted by molar-refractivity contribution is 0.0229. The molecule has 1 saturated heterocycles. The average Bonchev–Trinajstić information content (AvgIpc) is 2.34. The summed E-state index contributed by atoms with van der Waals surface area (Å²) >= 11 is 2.31. The van der Waals surface area contributed by atoms with Crippen LogP contribution in [0.4, 0.5) is 0 Å². The van der Waals surface area contributed by atoms with E-state index in [2.05, 4.69) is 22.6 Å². The molecule has 1 aliphatic rings. The fourth-order valence-electron chi connectivity index (χ4n) is 1.03. The number of hydrogen-bond acceptors (Lipinski definition) is 2. The molecule has 0 aromatic heterocycles. The maximum Gasteiger partial charge on any atom is 0.0810 e. The van der Waals surface area contributed by atoms with Crippen molar-refractivity contribution in [3.63, 3.8) is 0 Å². The van der Waals surface area contributed by atoms with Gasteiger partial charge in [-0.2, -0.15) is 0 Å². The average molecular weight is 242 g/mol. The quantitative estimate of drug-likeness (QED) is 0.577. The maximum absolute atomic E-state index is 8.65. The van der Waals surface area contributed by atoms with Gasteiger partial charge in [0.2, 0.25) is 0 Å². The molecule has 54 valence electrons. The van der Waals surface area contributed by atoms with Crippen LogP contribution in [0.15, 0.2) is 0 Å². The summed E-state index contributed by atoms with van der Waals surface area (Å²) < 4.78 is 6.45. The van der Waals surface area contributed by atoms with Crippen molar-refractivity contribution in [3.8, 4) is 0 Å². The van der Waals surface area contributed by atoms with Crippen molar-refractivity contribution in [2.75, 3.05) is 11.0 Å². The molecule has 1 fully saturated rings. The standard InChI is InChI=1S/C6H11IO2/c7-3-5-1-2-6(4-8)9-5/h5-6,8H,1-4H2/t5-,6+/m1/s1. The normalized spacial score (nSPS) is 35.3. The van der Waals surface area contributed by atoms with Gasteiger partial charge in [-0.1, -0.05) is 22.6 Å². The van der Waals surface area contributed by atoms with Crippen LogP contribution >= 0.6 is 22.6 Å². The van der Waals surface area contributed by atoms with E-state index >= 15 is 0 Å². The first-order valence-electron chi connectivity index (χ1n) is 3.19. The van der Waals surface area contributed by atoms with E-state index in [9.17, 15) is 0 Å². The lowest BCUT2D eigenvalue weighted by atomic mass is 10.2. The molecule has 1 rings (SSSR count). The summed E-state index contributed by atoms with van der Waals surface area (Å²) in [7, 11) is 0. The molecule has 2 nitrogen and oxygen atoms in total. The summed E-state index contributed by atoms with van der Waals surface area (Å²) in [5.74, 6) is 0. The minimum atomic E-state index is 0.129. The van der Waals surface area contributed by atoms with Gasteiger partial charge in [0, 0.05) is 4.43 Å². The van der Waals surface area contributed by atoms with E-state index in [-0.39, 0.29) is 12.7 Å². The molecule has 2 atom stereocenters. The molecule has 0 radical (unpaired) electrons. The summed E-state index contributed by atoms with van der Waals surface area (Å²) in [6.07, 6.45) is 2.69.